The normalized spacial score (nSPS) is 10.2. The van der Waals surface area contributed by atoms with Gasteiger partial charge in [-0.3, -0.25) is 14.4 Å². The van der Waals surface area contributed by atoms with E-state index in [9.17, 15) is 14.4 Å². The van der Waals surface area contributed by atoms with Gasteiger partial charge in [-0.1, -0.05) is 12.1 Å². The third-order valence-electron chi connectivity index (χ3n) is 4.49. The molecular formula is C22H27N3O6. The van der Waals surface area contributed by atoms with Gasteiger partial charge in [-0.15, -0.1) is 0 Å². The van der Waals surface area contributed by atoms with Crippen LogP contribution in [0.4, 0.5) is 0 Å². The molecule has 3 amide bonds. The van der Waals surface area contributed by atoms with Gasteiger partial charge in [0.1, 0.15) is 0 Å². The number of primary amides is 1. The van der Waals surface area contributed by atoms with Gasteiger partial charge in [0.05, 0.1) is 27.9 Å². The van der Waals surface area contributed by atoms with Crippen LogP contribution in [0, 0.1) is 0 Å². The van der Waals surface area contributed by atoms with Crippen molar-refractivity contribution in [2.45, 2.75) is 19.4 Å². The Labute approximate surface area is 180 Å². The molecule has 0 aliphatic heterocycles. The van der Waals surface area contributed by atoms with Gasteiger partial charge in [0, 0.05) is 18.5 Å². The highest BCUT2D eigenvalue weighted by molar-refractivity contribution is 5.96. The van der Waals surface area contributed by atoms with Crippen molar-refractivity contribution in [3.05, 3.63) is 53.1 Å². The molecule has 0 aliphatic carbocycles. The maximum atomic E-state index is 12.2. The summed E-state index contributed by atoms with van der Waals surface area (Å²) in [4.78, 5) is 34.8. The second-order valence-corrected chi connectivity index (χ2v) is 6.66. The first-order chi connectivity index (χ1) is 14.9. The molecule has 0 aliphatic rings. The molecule has 2 aromatic carbocycles. The Morgan fingerprint density at radius 2 is 1.48 bits per heavy atom. The molecule has 0 saturated carbocycles. The number of aryl methyl sites for hydroxylation is 1. The van der Waals surface area contributed by atoms with Crippen LogP contribution in [0.5, 0.6) is 17.2 Å². The molecule has 0 saturated heterocycles. The summed E-state index contributed by atoms with van der Waals surface area (Å²) in [5.41, 5.74) is 7.13. The fourth-order valence-electron chi connectivity index (χ4n) is 2.87. The van der Waals surface area contributed by atoms with Gasteiger partial charge in [0.25, 0.3) is 5.91 Å². The Balaban J connectivity index is 1.87. The lowest BCUT2D eigenvalue weighted by Crippen LogP contribution is -2.33. The third kappa shape index (κ3) is 6.91. The zero-order valence-corrected chi connectivity index (χ0v) is 17.8. The Hall–Kier alpha value is -3.75. The number of ether oxygens (including phenoxy) is 3. The zero-order chi connectivity index (χ0) is 22.8. The van der Waals surface area contributed by atoms with Gasteiger partial charge in [-0.25, -0.2) is 0 Å². The van der Waals surface area contributed by atoms with E-state index in [4.69, 9.17) is 19.9 Å². The highest BCUT2D eigenvalue weighted by Crippen LogP contribution is 2.38. The first kappa shape index (κ1) is 23.5. The summed E-state index contributed by atoms with van der Waals surface area (Å²) in [6, 6.07) is 10.3. The zero-order valence-electron chi connectivity index (χ0n) is 17.8. The van der Waals surface area contributed by atoms with E-state index in [1.165, 1.54) is 7.11 Å². The van der Waals surface area contributed by atoms with E-state index in [2.05, 4.69) is 10.6 Å². The van der Waals surface area contributed by atoms with Crippen LogP contribution in [0.1, 0.15) is 27.9 Å². The van der Waals surface area contributed by atoms with Gasteiger partial charge in [0.15, 0.2) is 11.5 Å². The summed E-state index contributed by atoms with van der Waals surface area (Å²) in [5, 5.41) is 5.26. The van der Waals surface area contributed by atoms with Crippen LogP contribution < -0.4 is 30.6 Å². The number of nitrogens with one attached hydrogen (secondary N) is 2. The Morgan fingerprint density at radius 1 is 0.871 bits per heavy atom. The summed E-state index contributed by atoms with van der Waals surface area (Å²) in [6.07, 6.45) is 0.785. The molecule has 2 rings (SSSR count). The van der Waals surface area contributed by atoms with E-state index in [1.54, 1.807) is 38.5 Å². The molecule has 0 spiro atoms. The second-order valence-electron chi connectivity index (χ2n) is 6.66. The Morgan fingerprint density at radius 3 is 2.00 bits per heavy atom. The number of carbonyl (C=O) groups is 3. The van der Waals surface area contributed by atoms with Crippen LogP contribution in [0.15, 0.2) is 36.4 Å². The first-order valence-electron chi connectivity index (χ1n) is 9.59. The molecular weight excluding hydrogens is 402 g/mol. The molecule has 2 aromatic rings. The van der Waals surface area contributed by atoms with Crippen molar-refractivity contribution in [1.29, 1.82) is 0 Å². The molecule has 0 heterocycles. The van der Waals surface area contributed by atoms with E-state index in [-0.39, 0.29) is 24.8 Å². The van der Waals surface area contributed by atoms with Crippen LogP contribution in [-0.4, -0.2) is 45.6 Å². The SMILES string of the molecule is COc1cc(CCC(=O)NCc2ccc(C(=O)NCC(N)=O)cc2)cc(OC)c1OC. The lowest BCUT2D eigenvalue weighted by molar-refractivity contribution is -0.121. The molecule has 0 radical (unpaired) electrons. The lowest BCUT2D eigenvalue weighted by atomic mass is 10.1. The Kier molecular flexibility index (Phi) is 8.68. The number of amides is 3. The number of rotatable bonds is 11. The molecule has 166 valence electrons. The monoisotopic (exact) mass is 429 g/mol. The number of nitrogens with two attached hydrogens (primary N) is 1. The summed E-state index contributed by atoms with van der Waals surface area (Å²) in [6.45, 7) is 0.111. The second kappa shape index (κ2) is 11.4. The summed E-state index contributed by atoms with van der Waals surface area (Å²) in [7, 11) is 4.62. The van der Waals surface area contributed by atoms with E-state index in [0.29, 0.717) is 35.8 Å². The molecule has 31 heavy (non-hydrogen) atoms. The highest BCUT2D eigenvalue weighted by atomic mass is 16.5. The minimum Gasteiger partial charge on any atom is -0.493 e. The van der Waals surface area contributed by atoms with Crippen molar-refractivity contribution >= 4 is 17.7 Å². The van der Waals surface area contributed by atoms with E-state index < -0.39 is 5.91 Å². The maximum Gasteiger partial charge on any atom is 0.251 e. The number of carbonyl (C=O) groups excluding carboxylic acids is 3. The van der Waals surface area contributed by atoms with Gasteiger partial charge in [-0.05, 0) is 41.8 Å². The summed E-state index contributed by atoms with van der Waals surface area (Å²) in [5.74, 6) is 0.468. The number of methoxy groups -OCH3 is 3. The van der Waals surface area contributed by atoms with Gasteiger partial charge in [0.2, 0.25) is 17.6 Å². The minimum absolute atomic E-state index is 0.114. The quantitative estimate of drug-likeness (QED) is 0.492. The van der Waals surface area contributed by atoms with Crippen molar-refractivity contribution in [3.8, 4) is 17.2 Å². The van der Waals surface area contributed by atoms with E-state index in [0.717, 1.165) is 11.1 Å². The average Bonchev–Trinajstić information content (AvgIpc) is 2.79. The molecule has 0 fully saturated rings. The highest BCUT2D eigenvalue weighted by Gasteiger charge is 2.14. The number of hydrogen-bond acceptors (Lipinski definition) is 6. The molecule has 4 N–H and O–H groups in total. The van der Waals surface area contributed by atoms with Crippen LogP contribution in [-0.2, 0) is 22.6 Å². The third-order valence-corrected chi connectivity index (χ3v) is 4.49. The molecule has 0 atom stereocenters. The van der Waals surface area contributed by atoms with Crippen LogP contribution in [0.3, 0.4) is 0 Å². The summed E-state index contributed by atoms with van der Waals surface area (Å²) < 4.78 is 16.0. The van der Waals surface area contributed by atoms with Gasteiger partial charge < -0.3 is 30.6 Å². The minimum atomic E-state index is -0.612. The van der Waals surface area contributed by atoms with E-state index >= 15 is 0 Å². The van der Waals surface area contributed by atoms with Crippen LogP contribution >= 0.6 is 0 Å². The van der Waals surface area contributed by atoms with Crippen molar-refractivity contribution in [1.82, 2.24) is 10.6 Å². The fourth-order valence-corrected chi connectivity index (χ4v) is 2.87. The maximum absolute atomic E-state index is 12.2. The van der Waals surface area contributed by atoms with Crippen LogP contribution in [0.25, 0.3) is 0 Å². The van der Waals surface area contributed by atoms with Gasteiger partial charge in [-0.2, -0.15) is 0 Å². The fraction of sp³-hybridized carbons (Fsp3) is 0.318. The molecule has 0 unspecified atom stereocenters. The van der Waals surface area contributed by atoms with Crippen LogP contribution in [0.2, 0.25) is 0 Å². The first-order valence-corrected chi connectivity index (χ1v) is 9.59. The molecule has 0 bridgehead atoms. The van der Waals surface area contributed by atoms with Crippen molar-refractivity contribution in [2.75, 3.05) is 27.9 Å². The number of hydrogen-bond donors (Lipinski definition) is 3. The largest absolute Gasteiger partial charge is 0.493 e. The molecule has 0 aromatic heterocycles. The molecule has 9 nitrogen and oxygen atoms in total. The Bertz CT molecular complexity index is 902. The molecule has 9 heteroatoms. The van der Waals surface area contributed by atoms with E-state index in [1.807, 2.05) is 12.1 Å². The van der Waals surface area contributed by atoms with Gasteiger partial charge >= 0.3 is 0 Å². The standard InChI is InChI=1S/C22H27N3O6/c1-29-17-10-15(11-18(30-2)21(17)31-3)6-9-20(27)24-12-14-4-7-16(8-5-14)22(28)25-13-19(23)26/h4-5,7-8,10-11H,6,9,12-13H2,1-3H3,(H2,23,26)(H,24,27)(H,25,28). The topological polar surface area (TPSA) is 129 Å². The van der Waals surface area contributed by atoms with Crippen molar-refractivity contribution < 1.29 is 28.6 Å². The summed E-state index contributed by atoms with van der Waals surface area (Å²) >= 11 is 0. The van der Waals surface area contributed by atoms with Crippen molar-refractivity contribution in [3.63, 3.8) is 0 Å². The lowest BCUT2D eigenvalue weighted by Gasteiger charge is -2.14. The average molecular weight is 429 g/mol. The number of benzene rings is 2. The predicted molar refractivity (Wildman–Crippen MR) is 114 cm³/mol. The smallest absolute Gasteiger partial charge is 0.251 e. The van der Waals surface area contributed by atoms with Crippen molar-refractivity contribution in [2.24, 2.45) is 5.73 Å². The predicted octanol–water partition coefficient (Wildman–Crippen LogP) is 1.18.